The summed E-state index contributed by atoms with van der Waals surface area (Å²) in [6, 6.07) is 8.58. The van der Waals surface area contributed by atoms with Gasteiger partial charge in [-0.05, 0) is 48.2 Å². The van der Waals surface area contributed by atoms with Gasteiger partial charge in [0.05, 0.1) is 22.8 Å². The van der Waals surface area contributed by atoms with Gasteiger partial charge in [0.1, 0.15) is 11.9 Å². The molecule has 0 N–H and O–H groups in total. The summed E-state index contributed by atoms with van der Waals surface area (Å²) in [6.45, 7) is 2.00. The number of amides is 1. The summed E-state index contributed by atoms with van der Waals surface area (Å²) in [4.78, 5) is 28.7. The number of halogens is 1. The number of nitrogens with zero attached hydrogens (tertiary/aromatic N) is 2. The molecule has 29 heavy (non-hydrogen) atoms. The van der Waals surface area contributed by atoms with Crippen LogP contribution in [0.15, 0.2) is 35.7 Å². The highest BCUT2D eigenvalue weighted by Gasteiger charge is 2.33. The predicted molar refractivity (Wildman–Crippen MR) is 116 cm³/mol. The summed E-state index contributed by atoms with van der Waals surface area (Å²) < 4.78 is 20.2. The zero-order valence-electron chi connectivity index (χ0n) is 16.0. The molecule has 1 amide bonds. The van der Waals surface area contributed by atoms with Crippen LogP contribution < -0.4 is 9.80 Å². The zero-order valence-corrected chi connectivity index (χ0v) is 17.6. The van der Waals surface area contributed by atoms with Crippen molar-refractivity contribution in [1.29, 1.82) is 0 Å². The molecule has 154 valence electrons. The number of hydrogen-bond acceptors (Lipinski definition) is 6. The maximum Gasteiger partial charge on any atom is 0.414 e. The fourth-order valence-corrected chi connectivity index (χ4v) is 5.22. The van der Waals surface area contributed by atoms with Crippen LogP contribution in [0.25, 0.3) is 0 Å². The molecular formula is C21H23FN2O3S2. The van der Waals surface area contributed by atoms with E-state index in [-0.39, 0.29) is 17.7 Å². The maximum absolute atomic E-state index is 14.8. The van der Waals surface area contributed by atoms with E-state index in [0.29, 0.717) is 30.8 Å². The Bertz CT molecular complexity index is 867. The highest BCUT2D eigenvalue weighted by atomic mass is 32.2. The molecule has 0 bridgehead atoms. The Kier molecular flexibility index (Phi) is 6.40. The van der Waals surface area contributed by atoms with Crippen LogP contribution in [0.4, 0.5) is 20.6 Å². The predicted octanol–water partition coefficient (Wildman–Crippen LogP) is 4.82. The third-order valence-corrected chi connectivity index (χ3v) is 7.13. The first-order chi connectivity index (χ1) is 14.1. The van der Waals surface area contributed by atoms with E-state index in [1.54, 1.807) is 18.2 Å². The molecule has 3 heterocycles. The van der Waals surface area contributed by atoms with Crippen LogP contribution in [0.5, 0.6) is 0 Å². The average molecular weight is 435 g/mol. The van der Waals surface area contributed by atoms with Crippen LogP contribution in [0, 0.1) is 5.82 Å². The molecule has 2 aliphatic heterocycles. The third-order valence-electron chi connectivity index (χ3n) is 5.17. The topological polar surface area (TPSA) is 49.9 Å². The molecule has 2 aromatic rings. The number of carbonyl (C=O) groups is 2. The van der Waals surface area contributed by atoms with Crippen molar-refractivity contribution in [3.63, 3.8) is 0 Å². The molecule has 1 aromatic carbocycles. The largest absolute Gasteiger partial charge is 0.444 e. The molecule has 0 aliphatic carbocycles. The number of rotatable bonds is 6. The van der Waals surface area contributed by atoms with Gasteiger partial charge in [0.15, 0.2) is 5.78 Å². The first-order valence-electron chi connectivity index (χ1n) is 9.79. The van der Waals surface area contributed by atoms with Crippen LogP contribution in [0.3, 0.4) is 0 Å². The van der Waals surface area contributed by atoms with Crippen LogP contribution >= 0.6 is 23.1 Å². The number of ether oxygens (including phenoxy) is 1. The molecule has 0 unspecified atom stereocenters. The molecule has 0 radical (unpaired) electrons. The third kappa shape index (κ3) is 4.75. The summed E-state index contributed by atoms with van der Waals surface area (Å²) in [5.74, 6) is 1.83. The standard InChI is InChI=1S/C21H23FN2O3S2/c22-17-13-15(4-6-18(17)23-8-2-10-28-12-9-23)24-14-16(27-21(24)26)5-7-19(25)20-3-1-11-29-20/h1,3-4,6,11,13,16H,2,5,7-10,12,14H2/t16-/m0/s1. The summed E-state index contributed by atoms with van der Waals surface area (Å²) in [6.07, 6.45) is 0.974. The van der Waals surface area contributed by atoms with Crippen molar-refractivity contribution in [3.05, 3.63) is 46.4 Å². The highest BCUT2D eigenvalue weighted by molar-refractivity contribution is 7.99. The average Bonchev–Trinajstić information content (AvgIpc) is 3.30. The van der Waals surface area contributed by atoms with Crippen molar-refractivity contribution in [2.45, 2.75) is 25.4 Å². The second-order valence-corrected chi connectivity index (χ2v) is 9.32. The number of thioether (sulfide) groups is 1. The van der Waals surface area contributed by atoms with Gasteiger partial charge in [0, 0.05) is 25.3 Å². The van der Waals surface area contributed by atoms with E-state index in [4.69, 9.17) is 4.74 Å². The van der Waals surface area contributed by atoms with E-state index in [0.717, 1.165) is 35.9 Å². The molecule has 8 heteroatoms. The van der Waals surface area contributed by atoms with Gasteiger partial charge in [-0.1, -0.05) is 6.07 Å². The molecule has 4 rings (SSSR count). The quantitative estimate of drug-likeness (QED) is 0.610. The molecule has 5 nitrogen and oxygen atoms in total. The Labute approximate surface area is 177 Å². The van der Waals surface area contributed by atoms with E-state index < -0.39 is 6.09 Å². The fourth-order valence-electron chi connectivity index (χ4n) is 3.64. The number of thiophene rings is 1. The Balaban J connectivity index is 1.38. The van der Waals surface area contributed by atoms with Gasteiger partial charge < -0.3 is 9.64 Å². The fraction of sp³-hybridized carbons (Fsp3) is 0.429. The number of hydrogen-bond donors (Lipinski definition) is 0. The lowest BCUT2D eigenvalue weighted by Crippen LogP contribution is -2.27. The number of carbonyl (C=O) groups excluding carboxylic acids is 2. The zero-order chi connectivity index (χ0) is 20.2. The maximum atomic E-state index is 14.8. The number of Topliss-reactive ketones (excluding diaryl/α,β-unsaturated/α-hetero) is 1. The van der Waals surface area contributed by atoms with Crippen LogP contribution in [0.1, 0.15) is 28.9 Å². The van der Waals surface area contributed by atoms with Gasteiger partial charge in [-0.3, -0.25) is 9.69 Å². The van der Waals surface area contributed by atoms with Crippen LogP contribution in [0.2, 0.25) is 0 Å². The SMILES string of the molecule is O=C(CC[C@H]1CN(c2ccc(N3CCCSCC3)c(F)c2)C(=O)O1)c1cccs1. The van der Waals surface area contributed by atoms with Crippen molar-refractivity contribution in [2.75, 3.05) is 40.9 Å². The summed E-state index contributed by atoms with van der Waals surface area (Å²) in [7, 11) is 0. The molecule has 1 atom stereocenters. The molecular weight excluding hydrogens is 411 g/mol. The number of benzene rings is 1. The minimum absolute atomic E-state index is 0.0560. The normalized spacial score (nSPS) is 19.9. The Morgan fingerprint density at radius 2 is 2.14 bits per heavy atom. The lowest BCUT2D eigenvalue weighted by atomic mass is 10.1. The van der Waals surface area contributed by atoms with Crippen molar-refractivity contribution < 1.29 is 18.7 Å². The van der Waals surface area contributed by atoms with Gasteiger partial charge >= 0.3 is 6.09 Å². The van der Waals surface area contributed by atoms with Gasteiger partial charge in [0.2, 0.25) is 0 Å². The van der Waals surface area contributed by atoms with Gasteiger partial charge in [-0.15, -0.1) is 11.3 Å². The molecule has 2 fully saturated rings. The second-order valence-electron chi connectivity index (χ2n) is 7.14. The molecule has 1 aromatic heterocycles. The minimum Gasteiger partial charge on any atom is -0.444 e. The molecule has 0 spiro atoms. The Hall–Kier alpha value is -2.06. The van der Waals surface area contributed by atoms with Gasteiger partial charge in [0.25, 0.3) is 0 Å². The van der Waals surface area contributed by atoms with Gasteiger partial charge in [-0.25, -0.2) is 9.18 Å². The lowest BCUT2D eigenvalue weighted by molar-refractivity contribution is 0.0943. The van der Waals surface area contributed by atoms with Crippen molar-refractivity contribution >= 4 is 46.3 Å². The summed E-state index contributed by atoms with van der Waals surface area (Å²) in [5, 5.41) is 1.87. The monoisotopic (exact) mass is 434 g/mol. The van der Waals surface area contributed by atoms with Gasteiger partial charge in [-0.2, -0.15) is 11.8 Å². The molecule has 0 saturated carbocycles. The number of cyclic esters (lactones) is 1. The lowest BCUT2D eigenvalue weighted by Gasteiger charge is -2.24. The molecule has 2 aliphatic rings. The minimum atomic E-state index is -0.489. The van der Waals surface area contributed by atoms with E-state index in [2.05, 4.69) is 4.90 Å². The van der Waals surface area contributed by atoms with E-state index >= 15 is 0 Å². The number of ketones is 1. The van der Waals surface area contributed by atoms with Crippen LogP contribution in [-0.2, 0) is 4.74 Å². The second kappa shape index (κ2) is 9.17. The van der Waals surface area contributed by atoms with Crippen molar-refractivity contribution in [1.82, 2.24) is 0 Å². The first-order valence-corrected chi connectivity index (χ1v) is 11.8. The first kappa shape index (κ1) is 20.2. The van der Waals surface area contributed by atoms with E-state index in [9.17, 15) is 14.0 Å². The summed E-state index contributed by atoms with van der Waals surface area (Å²) >= 11 is 3.31. The Morgan fingerprint density at radius 3 is 2.93 bits per heavy atom. The van der Waals surface area contributed by atoms with E-state index in [1.807, 2.05) is 23.2 Å². The van der Waals surface area contributed by atoms with Crippen molar-refractivity contribution in [3.8, 4) is 0 Å². The van der Waals surface area contributed by atoms with Crippen molar-refractivity contribution in [2.24, 2.45) is 0 Å². The number of anilines is 2. The smallest absolute Gasteiger partial charge is 0.414 e. The van der Waals surface area contributed by atoms with E-state index in [1.165, 1.54) is 22.3 Å². The van der Waals surface area contributed by atoms with Crippen LogP contribution in [-0.4, -0.2) is 49.1 Å². The molecule has 2 saturated heterocycles. The summed E-state index contributed by atoms with van der Waals surface area (Å²) in [5.41, 5.74) is 1.08. The Morgan fingerprint density at radius 1 is 1.24 bits per heavy atom. The highest BCUT2D eigenvalue weighted by Crippen LogP contribution is 2.30.